The number of nitrogens with zero attached hydrogens (tertiary/aromatic N) is 2. The molecule has 0 aliphatic heterocycles. The third-order valence-electron chi connectivity index (χ3n) is 4.37. The van der Waals surface area contributed by atoms with E-state index in [0.717, 1.165) is 29.7 Å². The molecule has 0 bridgehead atoms. The van der Waals surface area contributed by atoms with Crippen LogP contribution in [0.1, 0.15) is 53.7 Å². The number of aryl methyl sites for hydroxylation is 2. The van der Waals surface area contributed by atoms with Crippen molar-refractivity contribution in [1.82, 2.24) is 15.1 Å². The fraction of sp³-hybridized carbons (Fsp3) is 0.474. The Bertz CT molecular complexity index is 682. The molecule has 0 spiro atoms. The molecule has 0 atom stereocenters. The Morgan fingerprint density at radius 1 is 1.21 bits per heavy atom. The molecule has 1 aliphatic rings. The van der Waals surface area contributed by atoms with Crippen molar-refractivity contribution in [2.75, 3.05) is 0 Å². The predicted molar refractivity (Wildman–Crippen MR) is 93.1 cm³/mol. The molecule has 5 nitrogen and oxygen atoms in total. The van der Waals surface area contributed by atoms with Gasteiger partial charge >= 0.3 is 0 Å². The maximum absolute atomic E-state index is 12.3. The van der Waals surface area contributed by atoms with Gasteiger partial charge in [0.05, 0.1) is 0 Å². The molecule has 2 aromatic rings. The van der Waals surface area contributed by atoms with Crippen molar-refractivity contribution in [2.45, 2.75) is 58.7 Å². The minimum Gasteiger partial charge on any atom is -0.471 e. The van der Waals surface area contributed by atoms with E-state index in [0.29, 0.717) is 18.5 Å². The van der Waals surface area contributed by atoms with Gasteiger partial charge in [-0.15, -0.1) is 0 Å². The zero-order valence-corrected chi connectivity index (χ0v) is 14.4. The van der Waals surface area contributed by atoms with E-state index in [1.807, 2.05) is 26.0 Å². The van der Waals surface area contributed by atoms with Gasteiger partial charge in [0.1, 0.15) is 11.4 Å². The molecule has 1 aromatic heterocycles. The van der Waals surface area contributed by atoms with Gasteiger partial charge in [-0.1, -0.05) is 25.3 Å². The highest BCUT2D eigenvalue weighted by atomic mass is 16.5. The molecule has 0 unspecified atom stereocenters. The molecule has 0 saturated heterocycles. The van der Waals surface area contributed by atoms with Gasteiger partial charge in [-0.2, -0.15) is 5.10 Å². The summed E-state index contributed by atoms with van der Waals surface area (Å²) in [6.07, 6.45) is 7.59. The zero-order valence-electron chi connectivity index (χ0n) is 14.4. The molecule has 5 heteroatoms. The Hall–Kier alpha value is -2.30. The lowest BCUT2D eigenvalue weighted by Crippen LogP contribution is -2.36. The number of nitrogens with one attached hydrogen (secondary N) is 1. The van der Waals surface area contributed by atoms with Crippen molar-refractivity contribution < 1.29 is 9.53 Å². The molecule has 3 rings (SSSR count). The lowest BCUT2D eigenvalue weighted by atomic mass is 9.95. The largest absolute Gasteiger partial charge is 0.471 e. The van der Waals surface area contributed by atoms with Crippen LogP contribution in [-0.2, 0) is 6.73 Å². The smallest absolute Gasteiger partial charge is 0.271 e. The van der Waals surface area contributed by atoms with Crippen LogP contribution in [0.3, 0.4) is 0 Å². The highest BCUT2D eigenvalue weighted by Crippen LogP contribution is 2.18. The van der Waals surface area contributed by atoms with Crippen LogP contribution in [0.15, 0.2) is 30.5 Å². The molecule has 1 aromatic carbocycles. The molecule has 1 amide bonds. The van der Waals surface area contributed by atoms with Gasteiger partial charge in [-0.3, -0.25) is 4.79 Å². The number of benzene rings is 1. The van der Waals surface area contributed by atoms with Crippen molar-refractivity contribution in [3.63, 3.8) is 0 Å². The average Bonchev–Trinajstić information content (AvgIpc) is 3.02. The summed E-state index contributed by atoms with van der Waals surface area (Å²) in [4.78, 5) is 12.3. The van der Waals surface area contributed by atoms with E-state index in [1.54, 1.807) is 16.9 Å². The van der Waals surface area contributed by atoms with Gasteiger partial charge in [-0.05, 0) is 56.0 Å². The van der Waals surface area contributed by atoms with E-state index in [1.165, 1.54) is 19.3 Å². The second kappa shape index (κ2) is 7.51. The molecule has 0 radical (unpaired) electrons. The van der Waals surface area contributed by atoms with Crippen molar-refractivity contribution >= 4 is 5.91 Å². The minimum absolute atomic E-state index is 0.0907. The normalized spacial score (nSPS) is 15.2. The van der Waals surface area contributed by atoms with Crippen LogP contribution in [0.4, 0.5) is 0 Å². The molecular formula is C19H25N3O2. The Labute approximate surface area is 143 Å². The first kappa shape index (κ1) is 16.6. The first-order valence-corrected chi connectivity index (χ1v) is 8.65. The van der Waals surface area contributed by atoms with Crippen LogP contribution in [0.2, 0.25) is 0 Å². The van der Waals surface area contributed by atoms with Crippen LogP contribution in [0.25, 0.3) is 0 Å². The summed E-state index contributed by atoms with van der Waals surface area (Å²) in [5, 5.41) is 7.40. The second-order valence-corrected chi connectivity index (χ2v) is 6.65. The molecule has 1 saturated carbocycles. The highest BCUT2D eigenvalue weighted by Gasteiger charge is 2.18. The highest BCUT2D eigenvalue weighted by molar-refractivity contribution is 5.92. The predicted octanol–water partition coefficient (Wildman–Crippen LogP) is 3.60. The van der Waals surface area contributed by atoms with E-state index in [2.05, 4.69) is 16.5 Å². The van der Waals surface area contributed by atoms with Crippen molar-refractivity contribution in [3.05, 3.63) is 47.3 Å². The van der Waals surface area contributed by atoms with Crippen molar-refractivity contribution in [1.29, 1.82) is 0 Å². The summed E-state index contributed by atoms with van der Waals surface area (Å²) in [5.41, 5.74) is 2.78. The lowest BCUT2D eigenvalue weighted by Gasteiger charge is -2.22. The summed E-state index contributed by atoms with van der Waals surface area (Å²) < 4.78 is 7.41. The van der Waals surface area contributed by atoms with Crippen LogP contribution in [0, 0.1) is 13.8 Å². The molecular weight excluding hydrogens is 302 g/mol. The summed E-state index contributed by atoms with van der Waals surface area (Å²) in [6, 6.07) is 8.13. The molecule has 1 fully saturated rings. The average molecular weight is 327 g/mol. The number of carbonyl (C=O) groups excluding carboxylic acids is 1. The van der Waals surface area contributed by atoms with Crippen molar-refractivity contribution in [2.24, 2.45) is 0 Å². The van der Waals surface area contributed by atoms with Crippen molar-refractivity contribution in [3.8, 4) is 5.75 Å². The molecule has 1 aliphatic carbocycles. The summed E-state index contributed by atoms with van der Waals surface area (Å²) in [6.45, 7) is 4.38. The summed E-state index contributed by atoms with van der Waals surface area (Å²) >= 11 is 0. The number of ether oxygens (including phenoxy) is 1. The molecule has 1 N–H and O–H groups in total. The molecule has 128 valence electrons. The fourth-order valence-electron chi connectivity index (χ4n) is 3.22. The Kier molecular flexibility index (Phi) is 5.18. The summed E-state index contributed by atoms with van der Waals surface area (Å²) in [7, 11) is 0. The number of amides is 1. The van der Waals surface area contributed by atoms with E-state index in [9.17, 15) is 4.79 Å². The van der Waals surface area contributed by atoms with Gasteiger partial charge in [-0.25, -0.2) is 4.68 Å². The van der Waals surface area contributed by atoms with Gasteiger partial charge in [0.15, 0.2) is 6.73 Å². The third kappa shape index (κ3) is 4.37. The number of hydrogen-bond donors (Lipinski definition) is 1. The van der Waals surface area contributed by atoms with Crippen LogP contribution < -0.4 is 10.1 Å². The van der Waals surface area contributed by atoms with E-state index in [4.69, 9.17) is 4.74 Å². The molecule has 24 heavy (non-hydrogen) atoms. The van der Waals surface area contributed by atoms with Gasteiger partial charge in [0.2, 0.25) is 0 Å². The first-order chi connectivity index (χ1) is 11.6. The topological polar surface area (TPSA) is 56.1 Å². The number of hydrogen-bond acceptors (Lipinski definition) is 3. The van der Waals surface area contributed by atoms with Gasteiger partial charge < -0.3 is 10.1 Å². The van der Waals surface area contributed by atoms with Gasteiger partial charge in [0, 0.05) is 12.2 Å². The van der Waals surface area contributed by atoms with Crippen LogP contribution in [-0.4, -0.2) is 21.7 Å². The Balaban J connectivity index is 1.55. The van der Waals surface area contributed by atoms with E-state index >= 15 is 0 Å². The Morgan fingerprint density at radius 3 is 2.62 bits per heavy atom. The van der Waals surface area contributed by atoms with E-state index in [-0.39, 0.29) is 5.91 Å². The first-order valence-electron chi connectivity index (χ1n) is 8.65. The quantitative estimate of drug-likeness (QED) is 0.913. The maximum atomic E-state index is 12.3. The standard InChI is InChI=1S/C19H25N3O2/c1-14-10-15(2)12-17(11-14)24-13-22-9-8-18(21-22)19(23)20-16-6-4-3-5-7-16/h8-12,16H,3-7,13H2,1-2H3,(H,20,23). The number of carbonyl (C=O) groups is 1. The van der Waals surface area contributed by atoms with Crippen LogP contribution >= 0.6 is 0 Å². The molecule has 1 heterocycles. The summed E-state index contributed by atoms with van der Waals surface area (Å²) in [5.74, 6) is 0.725. The number of rotatable bonds is 5. The maximum Gasteiger partial charge on any atom is 0.271 e. The Morgan fingerprint density at radius 2 is 1.92 bits per heavy atom. The third-order valence-corrected chi connectivity index (χ3v) is 4.37. The second-order valence-electron chi connectivity index (χ2n) is 6.65. The fourth-order valence-corrected chi connectivity index (χ4v) is 3.22. The monoisotopic (exact) mass is 327 g/mol. The number of aromatic nitrogens is 2. The van der Waals surface area contributed by atoms with E-state index < -0.39 is 0 Å². The SMILES string of the molecule is Cc1cc(C)cc(OCn2ccc(C(=O)NC3CCCCC3)n2)c1. The van der Waals surface area contributed by atoms with Crippen LogP contribution in [0.5, 0.6) is 5.75 Å². The zero-order chi connectivity index (χ0) is 16.9. The minimum atomic E-state index is -0.0907. The van der Waals surface area contributed by atoms with Gasteiger partial charge in [0.25, 0.3) is 5.91 Å². The lowest BCUT2D eigenvalue weighted by molar-refractivity contribution is 0.0920.